The molecule has 0 atom stereocenters. The van der Waals surface area contributed by atoms with Gasteiger partial charge in [-0.25, -0.2) is 8.42 Å². The fourth-order valence-electron chi connectivity index (χ4n) is 4.07. The molecule has 0 aliphatic carbocycles. The van der Waals surface area contributed by atoms with Crippen LogP contribution in [0.3, 0.4) is 0 Å². The molecule has 0 saturated heterocycles. The minimum absolute atomic E-state index is 0. The molecule has 0 aromatic heterocycles. The summed E-state index contributed by atoms with van der Waals surface area (Å²) < 4.78 is 24.3. The summed E-state index contributed by atoms with van der Waals surface area (Å²) in [6.45, 7) is 4.52. The van der Waals surface area contributed by atoms with E-state index in [0.29, 0.717) is 11.5 Å². The van der Waals surface area contributed by atoms with Crippen molar-refractivity contribution in [3.8, 4) is 0 Å². The van der Waals surface area contributed by atoms with Gasteiger partial charge in [-0.1, -0.05) is 142 Å². The molecule has 0 aromatic rings. The zero-order chi connectivity index (χ0) is 21.5. The van der Waals surface area contributed by atoms with E-state index in [1.54, 1.807) is 0 Å². The van der Waals surface area contributed by atoms with Crippen LogP contribution < -0.4 is 0 Å². The van der Waals surface area contributed by atoms with Gasteiger partial charge >= 0.3 is 0 Å². The van der Waals surface area contributed by atoms with Gasteiger partial charge in [0.1, 0.15) is 9.84 Å². The molecular formula is C26H54NaO2S. The predicted molar refractivity (Wildman–Crippen MR) is 137 cm³/mol. The molecule has 0 heterocycles. The summed E-state index contributed by atoms with van der Waals surface area (Å²) in [6, 6.07) is 0. The van der Waals surface area contributed by atoms with Crippen LogP contribution in [0.5, 0.6) is 0 Å². The van der Waals surface area contributed by atoms with Crippen LogP contribution in [0.25, 0.3) is 0 Å². The minimum Gasteiger partial charge on any atom is -0.229 e. The van der Waals surface area contributed by atoms with Gasteiger partial charge in [-0.05, 0) is 12.8 Å². The predicted octanol–water partition coefficient (Wildman–Crippen LogP) is 8.64. The third-order valence-corrected chi connectivity index (χ3v) is 7.94. The van der Waals surface area contributed by atoms with Crippen LogP contribution in [-0.2, 0) is 9.84 Å². The molecule has 0 fully saturated rings. The zero-order valence-corrected chi connectivity index (χ0v) is 24.0. The standard InChI is InChI=1S/C26H54O2S.Na/c1-3-5-7-9-11-13-15-17-19-21-23-25-29(27,28)26-24-22-20-18-16-14-12-10-8-6-4-2;/h3-26H2,1-2H3;. The summed E-state index contributed by atoms with van der Waals surface area (Å²) in [4.78, 5) is 0. The molecule has 0 amide bonds. The second-order valence-corrected chi connectivity index (χ2v) is 11.5. The summed E-state index contributed by atoms with van der Waals surface area (Å²) in [5, 5.41) is 0. The molecule has 2 nitrogen and oxygen atoms in total. The van der Waals surface area contributed by atoms with Gasteiger partial charge in [-0.3, -0.25) is 0 Å². The molecule has 0 N–H and O–H groups in total. The van der Waals surface area contributed by atoms with Crippen molar-refractivity contribution in [2.75, 3.05) is 11.5 Å². The summed E-state index contributed by atoms with van der Waals surface area (Å²) in [5.74, 6) is 0.837. The summed E-state index contributed by atoms with van der Waals surface area (Å²) in [6.07, 6.45) is 28.1. The van der Waals surface area contributed by atoms with E-state index in [9.17, 15) is 8.42 Å². The van der Waals surface area contributed by atoms with Crippen molar-refractivity contribution in [2.24, 2.45) is 0 Å². The molecule has 0 saturated carbocycles. The number of hydrogen-bond donors (Lipinski definition) is 0. The minimum atomic E-state index is -2.80. The Labute approximate surface area is 213 Å². The average molecular weight is 454 g/mol. The molecular weight excluding hydrogens is 399 g/mol. The molecule has 1 radical (unpaired) electrons. The van der Waals surface area contributed by atoms with Gasteiger partial charge in [0, 0.05) is 29.6 Å². The second-order valence-electron chi connectivity index (χ2n) is 9.22. The summed E-state index contributed by atoms with van der Waals surface area (Å²) >= 11 is 0. The van der Waals surface area contributed by atoms with E-state index in [2.05, 4.69) is 13.8 Å². The number of rotatable bonds is 24. The van der Waals surface area contributed by atoms with Crippen LogP contribution in [0.4, 0.5) is 0 Å². The van der Waals surface area contributed by atoms with E-state index >= 15 is 0 Å². The Hall–Kier alpha value is 0.950. The third kappa shape index (κ3) is 27.0. The van der Waals surface area contributed by atoms with Gasteiger partial charge in [0.15, 0.2) is 0 Å². The van der Waals surface area contributed by atoms with Gasteiger partial charge in [0.05, 0.1) is 11.5 Å². The second kappa shape index (κ2) is 26.2. The average Bonchev–Trinajstić information content (AvgIpc) is 2.70. The molecule has 0 spiro atoms. The Kier molecular flexibility index (Phi) is 28.9. The van der Waals surface area contributed by atoms with E-state index < -0.39 is 9.84 Å². The molecule has 0 bridgehead atoms. The Morgan fingerprint density at radius 3 is 0.800 bits per heavy atom. The largest absolute Gasteiger partial charge is 0.229 e. The van der Waals surface area contributed by atoms with Crippen molar-refractivity contribution in [3.63, 3.8) is 0 Å². The molecule has 0 aliphatic rings. The molecule has 177 valence electrons. The third-order valence-electron chi connectivity index (χ3n) is 6.12. The maximum Gasteiger partial charge on any atom is 0.150 e. The van der Waals surface area contributed by atoms with Crippen molar-refractivity contribution >= 4 is 39.4 Å². The van der Waals surface area contributed by atoms with Crippen molar-refractivity contribution in [1.82, 2.24) is 0 Å². The van der Waals surface area contributed by atoms with Crippen LogP contribution in [0.15, 0.2) is 0 Å². The van der Waals surface area contributed by atoms with E-state index in [0.717, 1.165) is 25.7 Å². The number of hydrogen-bond acceptors (Lipinski definition) is 2. The number of unbranched alkanes of at least 4 members (excludes halogenated alkanes) is 20. The van der Waals surface area contributed by atoms with Gasteiger partial charge in [0.25, 0.3) is 0 Å². The molecule has 4 heteroatoms. The monoisotopic (exact) mass is 453 g/mol. The summed E-state index contributed by atoms with van der Waals surface area (Å²) in [5.41, 5.74) is 0. The number of sulfone groups is 1. The molecule has 30 heavy (non-hydrogen) atoms. The first-order valence-electron chi connectivity index (χ1n) is 13.3. The summed E-state index contributed by atoms with van der Waals surface area (Å²) in [7, 11) is -2.80. The fourth-order valence-corrected chi connectivity index (χ4v) is 5.57. The van der Waals surface area contributed by atoms with Gasteiger partial charge in [-0.15, -0.1) is 0 Å². The molecule has 0 aliphatic heterocycles. The van der Waals surface area contributed by atoms with E-state index in [-0.39, 0.29) is 29.6 Å². The van der Waals surface area contributed by atoms with E-state index in [1.807, 2.05) is 0 Å². The normalized spacial score (nSPS) is 11.5. The first kappa shape index (κ1) is 33.1. The molecule has 0 unspecified atom stereocenters. The van der Waals surface area contributed by atoms with Crippen LogP contribution in [0.2, 0.25) is 0 Å². The Balaban J connectivity index is 0. The van der Waals surface area contributed by atoms with Crippen LogP contribution in [0.1, 0.15) is 155 Å². The Bertz CT molecular complexity index is 377. The van der Waals surface area contributed by atoms with E-state index in [4.69, 9.17) is 0 Å². The van der Waals surface area contributed by atoms with Crippen molar-refractivity contribution in [1.29, 1.82) is 0 Å². The van der Waals surface area contributed by atoms with Crippen molar-refractivity contribution in [3.05, 3.63) is 0 Å². The maximum atomic E-state index is 12.2. The van der Waals surface area contributed by atoms with Gasteiger partial charge < -0.3 is 0 Å². The Morgan fingerprint density at radius 1 is 0.367 bits per heavy atom. The zero-order valence-electron chi connectivity index (χ0n) is 21.2. The SMILES string of the molecule is CCCCCCCCCCCCCS(=O)(=O)CCCCCCCCCCCCC.[Na]. The van der Waals surface area contributed by atoms with Gasteiger partial charge in [0.2, 0.25) is 0 Å². The molecule has 0 rings (SSSR count). The Morgan fingerprint density at radius 2 is 0.567 bits per heavy atom. The topological polar surface area (TPSA) is 34.1 Å². The first-order chi connectivity index (χ1) is 14.1. The van der Waals surface area contributed by atoms with Gasteiger partial charge in [-0.2, -0.15) is 0 Å². The fraction of sp³-hybridized carbons (Fsp3) is 1.00. The maximum absolute atomic E-state index is 12.2. The smallest absolute Gasteiger partial charge is 0.150 e. The van der Waals surface area contributed by atoms with Crippen LogP contribution in [0, 0.1) is 0 Å². The van der Waals surface area contributed by atoms with E-state index in [1.165, 1.54) is 116 Å². The van der Waals surface area contributed by atoms with Crippen LogP contribution >= 0.6 is 0 Å². The van der Waals surface area contributed by atoms with Crippen molar-refractivity contribution in [2.45, 2.75) is 155 Å². The van der Waals surface area contributed by atoms with Crippen molar-refractivity contribution < 1.29 is 8.42 Å². The molecule has 0 aromatic carbocycles. The first-order valence-corrected chi connectivity index (χ1v) is 15.1. The quantitative estimate of drug-likeness (QED) is 0.108. The van der Waals surface area contributed by atoms with Crippen LogP contribution in [-0.4, -0.2) is 49.5 Å².